The van der Waals surface area contributed by atoms with E-state index >= 15 is 0 Å². The highest BCUT2D eigenvalue weighted by Gasteiger charge is 2.33. The molecule has 2 aromatic rings. The third-order valence-electron chi connectivity index (χ3n) is 6.09. The van der Waals surface area contributed by atoms with Crippen molar-refractivity contribution in [2.24, 2.45) is 11.8 Å². The van der Waals surface area contributed by atoms with Gasteiger partial charge in [-0.1, -0.05) is 37.5 Å². The number of rotatable bonds is 5. The van der Waals surface area contributed by atoms with E-state index in [0.29, 0.717) is 11.7 Å². The lowest BCUT2D eigenvalue weighted by atomic mass is 9.75. The minimum absolute atomic E-state index is 0.0649. The number of methoxy groups -OCH3 is 1. The van der Waals surface area contributed by atoms with E-state index in [-0.39, 0.29) is 18.2 Å². The fourth-order valence-electron chi connectivity index (χ4n) is 4.48. The maximum absolute atomic E-state index is 12.6. The monoisotopic (exact) mass is 397 g/mol. The number of hydrogen-bond acceptors (Lipinski definition) is 5. The Morgan fingerprint density at radius 1 is 1.10 bits per heavy atom. The van der Waals surface area contributed by atoms with Crippen LogP contribution in [0.15, 0.2) is 36.5 Å². The van der Waals surface area contributed by atoms with Crippen LogP contribution in [0.2, 0.25) is 0 Å². The molecule has 1 aliphatic heterocycles. The van der Waals surface area contributed by atoms with Gasteiger partial charge in [0, 0.05) is 13.1 Å². The molecule has 29 heavy (non-hydrogen) atoms. The minimum atomic E-state index is -0.655. The Morgan fingerprint density at radius 2 is 1.86 bits per heavy atom. The van der Waals surface area contributed by atoms with Gasteiger partial charge in [0.1, 0.15) is 0 Å². The van der Waals surface area contributed by atoms with Crippen molar-refractivity contribution in [2.45, 2.75) is 32.1 Å². The fourth-order valence-corrected chi connectivity index (χ4v) is 4.48. The summed E-state index contributed by atoms with van der Waals surface area (Å²) in [7, 11) is 1.47. The van der Waals surface area contributed by atoms with Crippen molar-refractivity contribution in [1.82, 2.24) is 14.7 Å². The van der Waals surface area contributed by atoms with Crippen molar-refractivity contribution < 1.29 is 19.1 Å². The summed E-state index contributed by atoms with van der Waals surface area (Å²) in [5.74, 6) is 0.871. The van der Waals surface area contributed by atoms with Crippen molar-refractivity contribution in [1.29, 1.82) is 0 Å². The number of carbonyl (C=O) groups is 2. The predicted octanol–water partition coefficient (Wildman–Crippen LogP) is 3.08. The van der Waals surface area contributed by atoms with Gasteiger partial charge in [-0.05, 0) is 36.8 Å². The molecule has 0 spiro atoms. The first kappa shape index (κ1) is 19.5. The summed E-state index contributed by atoms with van der Waals surface area (Å²) >= 11 is 0. The van der Waals surface area contributed by atoms with Crippen molar-refractivity contribution in [3.63, 3.8) is 0 Å². The highest BCUT2D eigenvalue weighted by molar-refractivity contribution is 5.92. The first-order valence-electron chi connectivity index (χ1n) is 10.3. The summed E-state index contributed by atoms with van der Waals surface area (Å²) in [6, 6.07) is 9.42. The minimum Gasteiger partial charge on any atom is -0.493 e. The van der Waals surface area contributed by atoms with Crippen molar-refractivity contribution in [3.05, 3.63) is 42.2 Å². The van der Waals surface area contributed by atoms with E-state index in [1.165, 1.54) is 32.8 Å². The Hall–Kier alpha value is -2.83. The van der Waals surface area contributed by atoms with Crippen LogP contribution in [0.25, 0.3) is 5.69 Å². The SMILES string of the molecule is COc1cn(-c2ccccc2)nc1C(=O)OCC(=O)N1CC[C@H]2CCCC[C@@H]2C1. The lowest BCUT2D eigenvalue weighted by molar-refractivity contribution is -0.137. The number of amides is 1. The quantitative estimate of drug-likeness (QED) is 0.725. The third kappa shape index (κ3) is 4.28. The first-order valence-corrected chi connectivity index (χ1v) is 10.3. The molecule has 1 aliphatic carbocycles. The molecule has 0 bridgehead atoms. The van der Waals surface area contributed by atoms with Gasteiger partial charge >= 0.3 is 5.97 Å². The van der Waals surface area contributed by atoms with Crippen LogP contribution in [-0.2, 0) is 9.53 Å². The molecule has 7 nitrogen and oxygen atoms in total. The molecule has 0 N–H and O–H groups in total. The summed E-state index contributed by atoms with van der Waals surface area (Å²) < 4.78 is 12.1. The van der Waals surface area contributed by atoms with Gasteiger partial charge in [0.2, 0.25) is 5.69 Å². The average Bonchev–Trinajstić information content (AvgIpc) is 3.22. The Morgan fingerprint density at radius 3 is 2.62 bits per heavy atom. The molecule has 1 amide bonds. The summed E-state index contributed by atoms with van der Waals surface area (Å²) in [6.07, 6.45) is 7.72. The molecule has 154 valence electrons. The number of hydrogen-bond donors (Lipinski definition) is 0. The summed E-state index contributed by atoms with van der Waals surface area (Å²) in [6.45, 7) is 1.27. The second-order valence-electron chi connectivity index (χ2n) is 7.84. The molecule has 1 aromatic carbocycles. The number of aromatic nitrogens is 2. The van der Waals surface area contributed by atoms with Crippen molar-refractivity contribution in [3.8, 4) is 11.4 Å². The fraction of sp³-hybridized carbons (Fsp3) is 0.500. The van der Waals surface area contributed by atoms with Crippen LogP contribution in [0.5, 0.6) is 5.75 Å². The molecule has 1 saturated heterocycles. The smallest absolute Gasteiger partial charge is 0.363 e. The number of benzene rings is 1. The first-order chi connectivity index (χ1) is 14.2. The molecule has 4 rings (SSSR count). The third-order valence-corrected chi connectivity index (χ3v) is 6.09. The van der Waals surface area contributed by atoms with Crippen LogP contribution in [0, 0.1) is 11.8 Å². The molecule has 2 fully saturated rings. The zero-order valence-corrected chi connectivity index (χ0v) is 16.8. The van der Waals surface area contributed by atoms with E-state index < -0.39 is 5.97 Å². The molecule has 7 heteroatoms. The summed E-state index contributed by atoms with van der Waals surface area (Å²) in [5.41, 5.74) is 0.867. The van der Waals surface area contributed by atoms with E-state index in [9.17, 15) is 9.59 Å². The van der Waals surface area contributed by atoms with Gasteiger partial charge in [0.15, 0.2) is 12.4 Å². The molecule has 0 radical (unpaired) electrons. The normalized spacial score (nSPS) is 21.3. The molecule has 2 heterocycles. The Balaban J connectivity index is 1.37. The van der Waals surface area contributed by atoms with E-state index in [1.54, 1.807) is 10.9 Å². The highest BCUT2D eigenvalue weighted by Crippen LogP contribution is 2.36. The number of para-hydroxylation sites is 1. The number of piperidine rings is 1. The van der Waals surface area contributed by atoms with E-state index in [1.807, 2.05) is 35.2 Å². The molecule has 1 saturated carbocycles. The second-order valence-corrected chi connectivity index (χ2v) is 7.84. The molecular formula is C22H27N3O4. The van der Waals surface area contributed by atoms with Crippen LogP contribution in [0.1, 0.15) is 42.6 Å². The Labute approximate surface area is 170 Å². The van der Waals surface area contributed by atoms with Crippen LogP contribution < -0.4 is 4.74 Å². The Kier molecular flexibility index (Phi) is 5.83. The molecule has 0 unspecified atom stereocenters. The number of esters is 1. The standard InChI is InChI=1S/C22H27N3O4/c1-28-19-14-25(18-9-3-2-4-10-18)23-21(19)22(27)29-15-20(26)24-12-11-16-7-5-6-8-17(16)13-24/h2-4,9-10,14,16-17H,5-8,11-13,15H2,1H3/t16-,17-/m1/s1. The van der Waals surface area contributed by atoms with Gasteiger partial charge in [-0.25, -0.2) is 9.48 Å². The maximum Gasteiger partial charge on any atom is 0.363 e. The highest BCUT2D eigenvalue weighted by atomic mass is 16.5. The molecule has 2 aliphatic rings. The van der Waals surface area contributed by atoms with Gasteiger partial charge < -0.3 is 14.4 Å². The largest absolute Gasteiger partial charge is 0.493 e. The molecule has 1 aromatic heterocycles. The summed E-state index contributed by atoms with van der Waals surface area (Å²) in [5, 5.41) is 4.29. The van der Waals surface area contributed by atoms with Crippen molar-refractivity contribution in [2.75, 3.05) is 26.8 Å². The van der Waals surface area contributed by atoms with E-state index in [0.717, 1.165) is 31.1 Å². The van der Waals surface area contributed by atoms with Crippen LogP contribution in [0.4, 0.5) is 0 Å². The summed E-state index contributed by atoms with van der Waals surface area (Å²) in [4.78, 5) is 27.0. The number of carbonyl (C=O) groups excluding carboxylic acids is 2. The predicted molar refractivity (Wildman–Crippen MR) is 107 cm³/mol. The van der Waals surface area contributed by atoms with Gasteiger partial charge in [-0.2, -0.15) is 5.10 Å². The lowest BCUT2D eigenvalue weighted by Gasteiger charge is -2.41. The topological polar surface area (TPSA) is 73.7 Å². The lowest BCUT2D eigenvalue weighted by Crippen LogP contribution is -2.46. The molecular weight excluding hydrogens is 370 g/mol. The van der Waals surface area contributed by atoms with Crippen LogP contribution in [0.3, 0.4) is 0 Å². The van der Waals surface area contributed by atoms with Gasteiger partial charge in [-0.15, -0.1) is 0 Å². The number of likely N-dealkylation sites (tertiary alicyclic amines) is 1. The molecule has 2 atom stereocenters. The zero-order chi connectivity index (χ0) is 20.2. The van der Waals surface area contributed by atoms with Crippen LogP contribution in [-0.4, -0.2) is 53.4 Å². The Bertz CT molecular complexity index is 864. The van der Waals surface area contributed by atoms with Crippen molar-refractivity contribution >= 4 is 11.9 Å². The van der Waals surface area contributed by atoms with E-state index in [4.69, 9.17) is 9.47 Å². The number of fused-ring (bicyclic) bond motifs is 1. The average molecular weight is 397 g/mol. The second kappa shape index (κ2) is 8.68. The number of ether oxygens (including phenoxy) is 2. The maximum atomic E-state index is 12.6. The van der Waals surface area contributed by atoms with Gasteiger partial charge in [0.25, 0.3) is 5.91 Å². The van der Waals surface area contributed by atoms with Crippen LogP contribution >= 0.6 is 0 Å². The van der Waals surface area contributed by atoms with E-state index in [2.05, 4.69) is 5.10 Å². The zero-order valence-electron chi connectivity index (χ0n) is 16.8. The number of nitrogens with zero attached hydrogens (tertiary/aromatic N) is 3. The van der Waals surface area contributed by atoms with Gasteiger partial charge in [-0.3, -0.25) is 4.79 Å². The van der Waals surface area contributed by atoms with Gasteiger partial charge in [0.05, 0.1) is 19.0 Å².